The van der Waals surface area contributed by atoms with Crippen LogP contribution in [0.3, 0.4) is 0 Å². The van der Waals surface area contributed by atoms with E-state index in [2.05, 4.69) is 25.3 Å². The van der Waals surface area contributed by atoms with Crippen molar-refractivity contribution in [3.63, 3.8) is 0 Å². The molecule has 0 unspecified atom stereocenters. The predicted molar refractivity (Wildman–Crippen MR) is 111 cm³/mol. The maximum Gasteiger partial charge on any atom is 0.271 e. The molecule has 154 valence electrons. The third-order valence-corrected chi connectivity index (χ3v) is 5.88. The number of carbonyl (C=O) groups excluding carboxylic acids is 1. The molecular weight excluding hydrogens is 393 g/mol. The van der Waals surface area contributed by atoms with Crippen LogP contribution in [0.4, 0.5) is 10.2 Å². The predicted octanol–water partition coefficient (Wildman–Crippen LogP) is 3.12. The van der Waals surface area contributed by atoms with Crippen molar-refractivity contribution in [2.24, 2.45) is 5.92 Å². The van der Waals surface area contributed by atoms with Gasteiger partial charge in [0, 0.05) is 44.3 Å². The van der Waals surface area contributed by atoms with Gasteiger partial charge >= 0.3 is 0 Å². The van der Waals surface area contributed by atoms with Crippen LogP contribution in [-0.4, -0.2) is 53.7 Å². The summed E-state index contributed by atoms with van der Waals surface area (Å²) in [6.07, 6.45) is 3.62. The molecule has 0 atom stereocenters. The zero-order valence-electron chi connectivity index (χ0n) is 16.3. The van der Waals surface area contributed by atoms with Crippen LogP contribution in [0.1, 0.15) is 35.3 Å². The van der Waals surface area contributed by atoms with Gasteiger partial charge in [0.15, 0.2) is 11.5 Å². The highest BCUT2D eigenvalue weighted by Crippen LogP contribution is 2.31. The average molecular weight is 418 g/mol. The fraction of sp³-hybridized carbons (Fsp3) is 0.476. The second-order valence-electron chi connectivity index (χ2n) is 7.76. The van der Waals surface area contributed by atoms with Gasteiger partial charge in [-0.2, -0.15) is 0 Å². The minimum atomic E-state index is -0.317. The summed E-state index contributed by atoms with van der Waals surface area (Å²) < 4.78 is 13.2. The maximum atomic E-state index is 13.2. The lowest BCUT2D eigenvalue weighted by Crippen LogP contribution is -2.46. The first kappa shape index (κ1) is 20.0. The fourth-order valence-electron chi connectivity index (χ4n) is 3.53. The Labute approximate surface area is 175 Å². The van der Waals surface area contributed by atoms with Crippen molar-refractivity contribution in [2.45, 2.75) is 25.8 Å². The quantitative estimate of drug-likeness (QED) is 0.750. The third kappa shape index (κ3) is 5.42. The van der Waals surface area contributed by atoms with Crippen molar-refractivity contribution in [1.29, 1.82) is 0 Å². The van der Waals surface area contributed by atoms with Crippen LogP contribution < -0.4 is 10.2 Å². The normalized spacial score (nSPS) is 17.4. The van der Waals surface area contributed by atoms with Gasteiger partial charge in [0.05, 0.1) is 0 Å². The molecule has 2 fully saturated rings. The van der Waals surface area contributed by atoms with Crippen LogP contribution >= 0.6 is 11.6 Å². The number of anilines is 1. The van der Waals surface area contributed by atoms with E-state index in [0.29, 0.717) is 23.8 Å². The first-order valence-corrected chi connectivity index (χ1v) is 10.5. The van der Waals surface area contributed by atoms with Crippen LogP contribution in [0.2, 0.25) is 5.02 Å². The van der Waals surface area contributed by atoms with Gasteiger partial charge in [0.25, 0.3) is 5.91 Å². The van der Waals surface area contributed by atoms with Gasteiger partial charge in [-0.25, -0.2) is 4.39 Å². The van der Waals surface area contributed by atoms with Crippen LogP contribution in [-0.2, 0) is 6.54 Å². The summed E-state index contributed by atoms with van der Waals surface area (Å²) in [5, 5.41) is 11.7. The highest BCUT2D eigenvalue weighted by atomic mass is 35.5. The zero-order chi connectivity index (χ0) is 20.2. The number of amides is 1. The van der Waals surface area contributed by atoms with Gasteiger partial charge in [0.1, 0.15) is 5.82 Å². The van der Waals surface area contributed by atoms with E-state index in [1.54, 1.807) is 12.1 Å². The van der Waals surface area contributed by atoms with Crippen LogP contribution in [0.5, 0.6) is 0 Å². The highest BCUT2D eigenvalue weighted by Gasteiger charge is 2.22. The molecule has 2 aliphatic rings. The van der Waals surface area contributed by atoms with Crippen LogP contribution in [0, 0.1) is 11.7 Å². The molecule has 0 spiro atoms. The van der Waals surface area contributed by atoms with Crippen molar-refractivity contribution in [2.75, 3.05) is 37.6 Å². The smallest absolute Gasteiger partial charge is 0.271 e. The van der Waals surface area contributed by atoms with E-state index in [1.807, 2.05) is 6.07 Å². The van der Waals surface area contributed by atoms with Gasteiger partial charge in [0.2, 0.25) is 0 Å². The minimum absolute atomic E-state index is 0.161. The number of rotatable bonds is 7. The number of carbonyl (C=O) groups is 1. The molecule has 8 heteroatoms. The average Bonchev–Trinajstić information content (AvgIpc) is 3.55. The number of piperazine rings is 1. The molecule has 1 aromatic heterocycles. The topological polar surface area (TPSA) is 61.4 Å². The molecule has 1 saturated carbocycles. The zero-order valence-corrected chi connectivity index (χ0v) is 17.0. The van der Waals surface area contributed by atoms with E-state index in [0.717, 1.165) is 49.9 Å². The summed E-state index contributed by atoms with van der Waals surface area (Å²) in [5.74, 6) is 1.09. The molecule has 0 bridgehead atoms. The van der Waals surface area contributed by atoms with Crippen molar-refractivity contribution in [3.8, 4) is 0 Å². The molecule has 1 amide bonds. The molecule has 1 saturated heterocycles. The summed E-state index contributed by atoms with van der Waals surface area (Å²) in [5.41, 5.74) is 1.28. The van der Waals surface area contributed by atoms with E-state index < -0.39 is 0 Å². The molecule has 2 aromatic rings. The third-order valence-electron chi connectivity index (χ3n) is 5.52. The van der Waals surface area contributed by atoms with Gasteiger partial charge in [-0.05, 0) is 42.2 Å². The Bertz CT molecular complexity index is 851. The molecule has 29 heavy (non-hydrogen) atoms. The summed E-state index contributed by atoms with van der Waals surface area (Å²) in [7, 11) is 0. The lowest BCUT2D eigenvalue weighted by Gasteiger charge is -2.35. The van der Waals surface area contributed by atoms with E-state index in [-0.39, 0.29) is 11.7 Å². The standard InChI is InChI=1S/C21H25ClFN5O/c22-18-13-17(23)4-3-16(18)14-27-9-11-28(12-10-27)20-6-5-19(25-26-20)21(29)24-8-7-15-1-2-15/h3-6,13,15H,1-2,7-12,14H2,(H,24,29). The van der Waals surface area contributed by atoms with Gasteiger partial charge in [-0.15, -0.1) is 10.2 Å². The number of halogens is 2. The Morgan fingerprint density at radius 2 is 1.93 bits per heavy atom. The van der Waals surface area contributed by atoms with Crippen LogP contribution in [0.15, 0.2) is 30.3 Å². The molecule has 1 aliphatic heterocycles. The van der Waals surface area contributed by atoms with E-state index in [1.165, 1.54) is 25.0 Å². The maximum absolute atomic E-state index is 13.2. The number of nitrogens with zero attached hydrogens (tertiary/aromatic N) is 4. The SMILES string of the molecule is O=C(NCCC1CC1)c1ccc(N2CCN(Cc3ccc(F)cc3Cl)CC2)nn1. The Morgan fingerprint density at radius 3 is 2.59 bits per heavy atom. The molecule has 6 nitrogen and oxygen atoms in total. The summed E-state index contributed by atoms with van der Waals surface area (Å²) in [6.45, 7) is 4.70. The lowest BCUT2D eigenvalue weighted by molar-refractivity contribution is 0.0946. The Kier molecular flexibility index (Phi) is 6.25. The number of aromatic nitrogens is 2. The highest BCUT2D eigenvalue weighted by molar-refractivity contribution is 6.31. The molecular formula is C21H25ClFN5O. The molecule has 4 rings (SSSR count). The van der Waals surface area contributed by atoms with Crippen LogP contribution in [0.25, 0.3) is 0 Å². The first-order valence-electron chi connectivity index (χ1n) is 10.1. The Balaban J connectivity index is 1.26. The molecule has 1 aliphatic carbocycles. The molecule has 0 radical (unpaired) electrons. The van der Waals surface area contributed by atoms with Crippen molar-refractivity contribution >= 4 is 23.3 Å². The Hall–Kier alpha value is -2.25. The summed E-state index contributed by atoms with van der Waals surface area (Å²) in [6, 6.07) is 8.13. The number of hydrogen-bond donors (Lipinski definition) is 1. The molecule has 1 aromatic carbocycles. The summed E-state index contributed by atoms with van der Waals surface area (Å²) >= 11 is 6.14. The van der Waals surface area contributed by atoms with Gasteiger partial charge in [-0.1, -0.05) is 30.5 Å². The Morgan fingerprint density at radius 1 is 1.14 bits per heavy atom. The molecule has 2 heterocycles. The summed E-state index contributed by atoms with van der Waals surface area (Å²) in [4.78, 5) is 16.6. The van der Waals surface area contributed by atoms with Crippen molar-refractivity contribution in [1.82, 2.24) is 20.4 Å². The number of nitrogens with one attached hydrogen (secondary N) is 1. The van der Waals surface area contributed by atoms with Crippen molar-refractivity contribution < 1.29 is 9.18 Å². The van der Waals surface area contributed by atoms with E-state index >= 15 is 0 Å². The lowest BCUT2D eigenvalue weighted by atomic mass is 10.2. The van der Waals surface area contributed by atoms with Gasteiger partial charge in [-0.3, -0.25) is 9.69 Å². The largest absolute Gasteiger partial charge is 0.353 e. The first-order chi connectivity index (χ1) is 14.1. The number of hydrogen-bond acceptors (Lipinski definition) is 5. The van der Waals surface area contributed by atoms with Gasteiger partial charge < -0.3 is 10.2 Å². The second-order valence-corrected chi connectivity index (χ2v) is 8.17. The molecule has 1 N–H and O–H groups in total. The minimum Gasteiger partial charge on any atom is -0.353 e. The second kappa shape index (κ2) is 9.05. The van der Waals surface area contributed by atoms with Crippen molar-refractivity contribution in [3.05, 3.63) is 52.4 Å². The fourth-order valence-corrected chi connectivity index (χ4v) is 3.75. The monoisotopic (exact) mass is 417 g/mol. The van der Waals surface area contributed by atoms with E-state index in [9.17, 15) is 9.18 Å². The van der Waals surface area contributed by atoms with E-state index in [4.69, 9.17) is 11.6 Å². The number of benzene rings is 1.